The Bertz CT molecular complexity index is 1840. The van der Waals surface area contributed by atoms with Crippen LogP contribution in [0, 0.1) is 5.92 Å². The lowest BCUT2D eigenvalue weighted by Gasteiger charge is -2.22. The first-order valence-corrected chi connectivity index (χ1v) is 16.2. The van der Waals surface area contributed by atoms with Gasteiger partial charge in [0, 0.05) is 17.6 Å². The second kappa shape index (κ2) is 14.6. The van der Waals surface area contributed by atoms with Crippen LogP contribution in [-0.4, -0.2) is 0 Å². The lowest BCUT2D eigenvalue weighted by molar-refractivity contribution is 0.733. The maximum Gasteiger partial charge on any atom is 0.0455 e. The van der Waals surface area contributed by atoms with E-state index in [-0.39, 0.29) is 0 Å². The van der Waals surface area contributed by atoms with Crippen LogP contribution in [-0.2, 0) is 0 Å². The fourth-order valence-corrected chi connectivity index (χ4v) is 5.89. The fourth-order valence-electron chi connectivity index (χ4n) is 5.89. The van der Waals surface area contributed by atoms with Crippen LogP contribution in [0.1, 0.15) is 55.0 Å². The number of nitrogens with zero attached hydrogens (tertiary/aromatic N) is 1. The molecule has 5 aromatic carbocycles. The minimum Gasteiger partial charge on any atom is -0.317 e. The minimum absolute atomic E-state index is 0.539. The van der Waals surface area contributed by atoms with Crippen molar-refractivity contribution in [1.29, 1.82) is 0 Å². The highest BCUT2D eigenvalue weighted by molar-refractivity contribution is 5.93. The smallest absolute Gasteiger partial charge is 0.0455 e. The summed E-state index contributed by atoms with van der Waals surface area (Å²) in [6, 6.07) is 49.7. The zero-order valence-electron chi connectivity index (χ0n) is 27.0. The molecule has 1 heteroatoms. The molecule has 0 aliphatic heterocycles. The summed E-state index contributed by atoms with van der Waals surface area (Å²) in [4.78, 5) is 2.28. The average molecular weight is 596 g/mol. The molecule has 0 radical (unpaired) electrons. The highest BCUT2D eigenvalue weighted by Gasteiger charge is 2.12. The monoisotopic (exact) mass is 595 g/mol. The predicted octanol–water partition coefficient (Wildman–Crippen LogP) is 12.4. The molecule has 0 heterocycles. The molecule has 1 aliphatic carbocycles. The van der Waals surface area contributed by atoms with E-state index in [2.05, 4.69) is 202 Å². The minimum atomic E-state index is 0.539. The highest BCUT2D eigenvalue weighted by Crippen LogP contribution is 2.33. The molecule has 226 valence electrons. The first kappa shape index (κ1) is 30.6. The molecule has 1 atom stereocenters. The van der Waals surface area contributed by atoms with Gasteiger partial charge in [0.25, 0.3) is 0 Å². The molecule has 0 N–H and O–H groups in total. The summed E-state index contributed by atoms with van der Waals surface area (Å²) in [6.07, 6.45) is 14.9. The molecule has 46 heavy (non-hydrogen) atoms. The third-order valence-corrected chi connectivity index (χ3v) is 8.19. The number of allylic oxidation sites excluding steroid dienone is 6. The van der Waals surface area contributed by atoms with Gasteiger partial charge in [-0.25, -0.2) is 0 Å². The maximum atomic E-state index is 2.39. The normalized spacial score (nSPS) is 14.3. The molecular formula is C45H41N. The molecule has 0 spiro atoms. The molecule has 0 saturated heterocycles. The fraction of sp³-hybridized carbons (Fsp3) is 0.111. The van der Waals surface area contributed by atoms with Crippen molar-refractivity contribution in [3.63, 3.8) is 0 Å². The molecular weight excluding hydrogens is 555 g/mol. The molecule has 0 saturated carbocycles. The van der Waals surface area contributed by atoms with E-state index in [0.29, 0.717) is 5.92 Å². The van der Waals surface area contributed by atoms with Crippen LogP contribution >= 0.6 is 0 Å². The first-order chi connectivity index (χ1) is 22.5. The number of benzene rings is 5. The van der Waals surface area contributed by atoms with Crippen molar-refractivity contribution >= 4 is 34.7 Å². The molecule has 6 rings (SSSR count). The Labute approximate surface area is 274 Å². The van der Waals surface area contributed by atoms with Crippen LogP contribution in [0.4, 0.5) is 11.4 Å². The first-order valence-electron chi connectivity index (χ1n) is 16.2. The third-order valence-electron chi connectivity index (χ3n) is 8.19. The summed E-state index contributed by atoms with van der Waals surface area (Å²) in [5, 5.41) is 0. The Morgan fingerprint density at radius 1 is 0.565 bits per heavy atom. The third kappa shape index (κ3) is 7.62. The standard InChI is InChI=1S/C45H41N/c1-34(2)33-46(42-26-22-36(23-27-42)31-44(38-15-7-4-8-16-38)39-17-9-5-10-18-39)43-28-24-37(25-29-43)32-45(40-19-11-6-12-20-40)41-21-13-14-35(3)30-41/h4-13,15-33,35H,14H2,1-3H3/b45-32+. The van der Waals surface area contributed by atoms with Gasteiger partial charge in [0.15, 0.2) is 0 Å². The lowest BCUT2D eigenvalue weighted by Crippen LogP contribution is -2.09. The summed E-state index contributed by atoms with van der Waals surface area (Å²) in [5.74, 6) is 0.539. The SMILES string of the molecule is CC(C)=CN(c1ccc(C=C(c2ccccc2)c2ccccc2)cc1)c1ccc(/C=C(/C2=CC(C)CC=C2)c2ccccc2)cc1. The van der Waals surface area contributed by atoms with Gasteiger partial charge in [-0.3, -0.25) is 0 Å². The second-order valence-electron chi connectivity index (χ2n) is 12.2. The van der Waals surface area contributed by atoms with E-state index < -0.39 is 0 Å². The van der Waals surface area contributed by atoms with Gasteiger partial charge in [-0.2, -0.15) is 0 Å². The van der Waals surface area contributed by atoms with Gasteiger partial charge in [0.05, 0.1) is 0 Å². The molecule has 0 amide bonds. The molecule has 1 unspecified atom stereocenters. The van der Waals surface area contributed by atoms with Crippen molar-refractivity contribution in [2.24, 2.45) is 5.92 Å². The van der Waals surface area contributed by atoms with Crippen molar-refractivity contribution in [2.45, 2.75) is 27.2 Å². The molecule has 0 fully saturated rings. The van der Waals surface area contributed by atoms with Crippen LogP contribution in [0.25, 0.3) is 23.3 Å². The van der Waals surface area contributed by atoms with Gasteiger partial charge < -0.3 is 4.90 Å². The van der Waals surface area contributed by atoms with E-state index in [0.717, 1.165) is 23.4 Å². The van der Waals surface area contributed by atoms with E-state index in [9.17, 15) is 0 Å². The molecule has 0 bridgehead atoms. The van der Waals surface area contributed by atoms with E-state index in [1.54, 1.807) is 0 Å². The van der Waals surface area contributed by atoms with Gasteiger partial charge in [0.2, 0.25) is 0 Å². The topological polar surface area (TPSA) is 3.24 Å². The Morgan fingerprint density at radius 3 is 1.43 bits per heavy atom. The summed E-state index contributed by atoms with van der Waals surface area (Å²) in [7, 11) is 0. The van der Waals surface area contributed by atoms with E-state index in [1.807, 2.05) is 0 Å². The van der Waals surface area contributed by atoms with Crippen LogP contribution in [0.2, 0.25) is 0 Å². The number of anilines is 2. The summed E-state index contributed by atoms with van der Waals surface area (Å²) < 4.78 is 0. The van der Waals surface area contributed by atoms with Crippen molar-refractivity contribution < 1.29 is 0 Å². The van der Waals surface area contributed by atoms with Gasteiger partial charge in [-0.15, -0.1) is 0 Å². The molecule has 0 aromatic heterocycles. The van der Waals surface area contributed by atoms with Gasteiger partial charge in [-0.1, -0.05) is 146 Å². The largest absolute Gasteiger partial charge is 0.317 e. The van der Waals surface area contributed by atoms with Gasteiger partial charge in [-0.05, 0) is 107 Å². The number of rotatable bonds is 9. The van der Waals surface area contributed by atoms with Crippen LogP contribution in [0.15, 0.2) is 175 Å². The quantitative estimate of drug-likeness (QED) is 0.153. The van der Waals surface area contributed by atoms with Gasteiger partial charge in [0.1, 0.15) is 0 Å². The van der Waals surface area contributed by atoms with Crippen molar-refractivity contribution in [2.75, 3.05) is 4.90 Å². The number of hydrogen-bond acceptors (Lipinski definition) is 1. The van der Waals surface area contributed by atoms with Crippen LogP contribution in [0.5, 0.6) is 0 Å². The van der Waals surface area contributed by atoms with Crippen LogP contribution < -0.4 is 4.90 Å². The Balaban J connectivity index is 1.31. The predicted molar refractivity (Wildman–Crippen MR) is 200 cm³/mol. The zero-order valence-corrected chi connectivity index (χ0v) is 27.0. The Hall–Kier alpha value is -5.40. The number of hydrogen-bond donors (Lipinski definition) is 0. The van der Waals surface area contributed by atoms with Gasteiger partial charge >= 0.3 is 0 Å². The maximum absolute atomic E-state index is 2.39. The van der Waals surface area contributed by atoms with E-state index in [1.165, 1.54) is 44.5 Å². The summed E-state index contributed by atoms with van der Waals surface area (Å²) in [5.41, 5.74) is 13.2. The summed E-state index contributed by atoms with van der Waals surface area (Å²) in [6.45, 7) is 6.57. The second-order valence-corrected chi connectivity index (χ2v) is 12.2. The van der Waals surface area contributed by atoms with E-state index in [4.69, 9.17) is 0 Å². The molecule has 1 nitrogen and oxygen atoms in total. The molecule has 1 aliphatic rings. The van der Waals surface area contributed by atoms with E-state index >= 15 is 0 Å². The Kier molecular flexibility index (Phi) is 9.71. The average Bonchev–Trinajstić information content (AvgIpc) is 3.10. The summed E-state index contributed by atoms with van der Waals surface area (Å²) >= 11 is 0. The van der Waals surface area contributed by atoms with Crippen molar-refractivity contribution in [3.8, 4) is 0 Å². The Morgan fingerprint density at radius 2 is 1.00 bits per heavy atom. The van der Waals surface area contributed by atoms with Crippen molar-refractivity contribution in [1.82, 2.24) is 0 Å². The van der Waals surface area contributed by atoms with Crippen molar-refractivity contribution in [3.05, 3.63) is 203 Å². The highest BCUT2D eigenvalue weighted by atomic mass is 15.1. The molecule has 5 aromatic rings. The lowest BCUT2D eigenvalue weighted by atomic mass is 9.89. The zero-order chi connectivity index (χ0) is 31.7. The van der Waals surface area contributed by atoms with Crippen LogP contribution in [0.3, 0.4) is 0 Å².